The molecule has 0 saturated carbocycles. The number of hydrogen-bond acceptors (Lipinski definition) is 3. The van der Waals surface area contributed by atoms with Crippen molar-refractivity contribution >= 4 is 11.9 Å². The summed E-state index contributed by atoms with van der Waals surface area (Å²) in [7, 11) is 1.15. The minimum atomic E-state index is -1.26. The first-order chi connectivity index (χ1) is 4.57. The minimum absolute atomic E-state index is 0. The highest BCUT2D eigenvalue weighted by molar-refractivity contribution is 5.79. The summed E-state index contributed by atoms with van der Waals surface area (Å²) in [6.07, 6.45) is -1.75. The van der Waals surface area contributed by atoms with Crippen LogP contribution in [0, 0.1) is 0 Å². The minimum Gasteiger partial charge on any atom is -0.481 e. The van der Waals surface area contributed by atoms with Crippen LogP contribution in [0.2, 0.25) is 0 Å². The maximum atomic E-state index is 10.1. The molecule has 0 saturated heterocycles. The Morgan fingerprint density at radius 1 is 1.33 bits per heavy atom. The van der Waals surface area contributed by atoms with Crippen LogP contribution in [0.25, 0.3) is 0 Å². The summed E-state index contributed by atoms with van der Waals surface area (Å²) in [5.41, 5.74) is 0. The maximum Gasteiger partial charge on any atom is 0.333 e. The van der Waals surface area contributed by atoms with Crippen LogP contribution in [-0.2, 0) is 14.3 Å². The predicted molar refractivity (Wildman–Crippen MR) is 42.7 cm³/mol. The number of methoxy groups -OCH3 is 1. The highest BCUT2D eigenvalue weighted by Gasteiger charge is 2.19. The van der Waals surface area contributed by atoms with Crippen LogP contribution in [0.4, 0.5) is 0 Å². The van der Waals surface area contributed by atoms with Gasteiger partial charge in [-0.05, 0) is 0 Å². The molecule has 0 heterocycles. The Hall–Kier alpha value is -1.18. The van der Waals surface area contributed by atoms with Crippen molar-refractivity contribution in [3.63, 3.8) is 0 Å². The second kappa shape index (κ2) is 7.92. The second-order valence-corrected chi connectivity index (χ2v) is 1.66. The van der Waals surface area contributed by atoms with E-state index in [4.69, 9.17) is 10.2 Å². The number of rotatable bonds is 4. The number of hydrogen-bond donors (Lipinski definition) is 4. The molecule has 7 heteroatoms. The molecule has 7 nitrogen and oxygen atoms in total. The molecule has 74 valence electrons. The van der Waals surface area contributed by atoms with Gasteiger partial charge in [0.1, 0.15) is 0 Å². The lowest BCUT2D eigenvalue weighted by Crippen LogP contribution is -2.25. The Morgan fingerprint density at radius 2 is 1.75 bits per heavy atom. The molecule has 0 aromatic rings. The average molecular weight is 184 g/mol. The fourth-order valence-corrected chi connectivity index (χ4v) is 0.430. The summed E-state index contributed by atoms with van der Waals surface area (Å²) < 4.78 is 4.34. The number of carbonyl (C=O) groups is 2. The van der Waals surface area contributed by atoms with E-state index in [1.54, 1.807) is 0 Å². The van der Waals surface area contributed by atoms with E-state index in [1.165, 1.54) is 0 Å². The van der Waals surface area contributed by atoms with Crippen LogP contribution in [-0.4, -0.2) is 35.4 Å². The zero-order chi connectivity index (χ0) is 8.15. The zero-order valence-electron chi connectivity index (χ0n) is 7.40. The van der Waals surface area contributed by atoms with Crippen molar-refractivity contribution in [2.75, 3.05) is 7.11 Å². The highest BCUT2D eigenvalue weighted by Crippen LogP contribution is 1.95. The van der Waals surface area contributed by atoms with E-state index < -0.39 is 24.5 Å². The van der Waals surface area contributed by atoms with Crippen LogP contribution in [0.5, 0.6) is 0 Å². The quantitative estimate of drug-likeness (QED) is 0.494. The average Bonchev–Trinajstić information content (AvgIpc) is 1.81. The molecule has 0 rings (SSSR count). The van der Waals surface area contributed by atoms with Crippen molar-refractivity contribution in [2.45, 2.75) is 12.5 Å². The van der Waals surface area contributed by atoms with Gasteiger partial charge in [-0.1, -0.05) is 0 Å². The fourth-order valence-electron chi connectivity index (χ4n) is 0.430. The molecule has 0 bridgehead atoms. The fraction of sp³-hybridized carbons (Fsp3) is 0.600. The zero-order valence-corrected chi connectivity index (χ0v) is 7.40. The van der Waals surface area contributed by atoms with E-state index in [2.05, 4.69) is 4.74 Å². The van der Waals surface area contributed by atoms with Crippen molar-refractivity contribution in [1.82, 2.24) is 12.3 Å². The van der Waals surface area contributed by atoms with Crippen molar-refractivity contribution in [2.24, 2.45) is 0 Å². The smallest absolute Gasteiger partial charge is 0.333 e. The molecular weight excluding hydrogens is 168 g/mol. The summed E-state index contributed by atoms with van der Waals surface area (Å²) in [5, 5.41) is 16.4. The Kier molecular flexibility index (Phi) is 11.3. The van der Waals surface area contributed by atoms with E-state index in [1.807, 2.05) is 0 Å². The molecule has 10 N–H and O–H groups in total. The van der Waals surface area contributed by atoms with Crippen molar-refractivity contribution in [3.05, 3.63) is 0 Å². The Labute approximate surface area is 69.5 Å². The summed E-state index contributed by atoms with van der Waals surface area (Å²) in [5.74, 6) is -2.45. The van der Waals surface area contributed by atoms with Gasteiger partial charge in [-0.2, -0.15) is 0 Å². The van der Waals surface area contributed by atoms with Gasteiger partial charge in [-0.3, -0.25) is 4.79 Å². The van der Waals surface area contributed by atoms with E-state index >= 15 is 0 Å². The molecule has 0 spiro atoms. The lowest BCUT2D eigenvalue weighted by molar-refractivity contribution is -0.154. The molecule has 0 fully saturated rings. The Morgan fingerprint density at radius 3 is 1.83 bits per heavy atom. The van der Waals surface area contributed by atoms with Gasteiger partial charge in [0.05, 0.1) is 6.42 Å². The molecule has 0 aliphatic heterocycles. The first kappa shape index (κ1) is 17.1. The van der Waals surface area contributed by atoms with E-state index in [9.17, 15) is 9.59 Å². The summed E-state index contributed by atoms with van der Waals surface area (Å²) >= 11 is 0. The molecule has 1 atom stereocenters. The standard InChI is InChI=1S/C5H8O5.2H3N/c1-10-3(5(8)9)2-4(6)7;;/h3H,2H2,1H3,(H,6,7)(H,8,9);2*1H3/p+2/t3-;;/m1../s1. The second-order valence-electron chi connectivity index (χ2n) is 1.66. The third kappa shape index (κ3) is 6.93. The van der Waals surface area contributed by atoms with Crippen LogP contribution in [0.15, 0.2) is 0 Å². The van der Waals surface area contributed by atoms with E-state index in [-0.39, 0.29) is 12.3 Å². The topological polar surface area (TPSA) is 157 Å². The SMILES string of the molecule is CO[C@H](CC(=O)O)C(=O)O.[NH4+].[NH4+]. The van der Waals surface area contributed by atoms with E-state index in [0.29, 0.717) is 0 Å². The van der Waals surface area contributed by atoms with Crippen LogP contribution < -0.4 is 12.3 Å². The number of carboxylic acids is 2. The Bertz CT molecular complexity index is 149. The van der Waals surface area contributed by atoms with Gasteiger partial charge in [0, 0.05) is 7.11 Å². The molecule has 0 aromatic heterocycles. The number of ether oxygens (including phenoxy) is 1. The molecule has 0 amide bonds. The third-order valence-electron chi connectivity index (χ3n) is 0.920. The molecule has 0 aliphatic rings. The lowest BCUT2D eigenvalue weighted by Gasteiger charge is -2.05. The van der Waals surface area contributed by atoms with Gasteiger partial charge < -0.3 is 27.3 Å². The molecule has 12 heavy (non-hydrogen) atoms. The largest absolute Gasteiger partial charge is 0.481 e. The van der Waals surface area contributed by atoms with Gasteiger partial charge >= 0.3 is 11.9 Å². The van der Waals surface area contributed by atoms with Gasteiger partial charge in [-0.15, -0.1) is 0 Å². The Balaban J connectivity index is -0.000000405. The normalized spacial score (nSPS) is 10.4. The molecule has 0 aromatic carbocycles. The summed E-state index contributed by atoms with van der Waals surface area (Å²) in [4.78, 5) is 20.0. The third-order valence-corrected chi connectivity index (χ3v) is 0.920. The van der Waals surface area contributed by atoms with Gasteiger partial charge in [-0.25, -0.2) is 4.79 Å². The highest BCUT2D eigenvalue weighted by atomic mass is 16.5. The van der Waals surface area contributed by atoms with Crippen LogP contribution in [0.3, 0.4) is 0 Å². The number of carboxylic acid groups (broad SMARTS) is 2. The van der Waals surface area contributed by atoms with Gasteiger partial charge in [0.15, 0.2) is 6.10 Å². The van der Waals surface area contributed by atoms with Crippen LogP contribution >= 0.6 is 0 Å². The summed E-state index contributed by atoms with van der Waals surface area (Å²) in [6, 6.07) is 0. The molecule has 0 unspecified atom stereocenters. The van der Waals surface area contributed by atoms with Crippen molar-refractivity contribution < 1.29 is 24.5 Å². The number of quaternary nitrogens is 2. The first-order valence-electron chi connectivity index (χ1n) is 2.55. The lowest BCUT2D eigenvalue weighted by atomic mass is 10.2. The molecule has 0 aliphatic carbocycles. The first-order valence-corrected chi connectivity index (χ1v) is 2.55. The van der Waals surface area contributed by atoms with Crippen molar-refractivity contribution in [3.8, 4) is 0 Å². The molecular formula is C5H16N2O5+2. The predicted octanol–water partition coefficient (Wildman–Crippen LogP) is 0.313. The van der Waals surface area contributed by atoms with Crippen LogP contribution in [0.1, 0.15) is 6.42 Å². The monoisotopic (exact) mass is 184 g/mol. The van der Waals surface area contributed by atoms with E-state index in [0.717, 1.165) is 7.11 Å². The maximum absolute atomic E-state index is 10.1. The van der Waals surface area contributed by atoms with Gasteiger partial charge in [0.2, 0.25) is 0 Å². The molecule has 0 radical (unpaired) electrons. The number of aliphatic carboxylic acids is 2. The van der Waals surface area contributed by atoms with Gasteiger partial charge in [0.25, 0.3) is 0 Å². The van der Waals surface area contributed by atoms with Crippen molar-refractivity contribution in [1.29, 1.82) is 0 Å². The summed E-state index contributed by atoms with van der Waals surface area (Å²) in [6.45, 7) is 0.